The molecule has 0 spiro atoms. The first kappa shape index (κ1) is 17.0. The lowest BCUT2D eigenvalue weighted by Crippen LogP contribution is -2.11. The smallest absolute Gasteiger partial charge is 0.291 e. The van der Waals surface area contributed by atoms with Crippen LogP contribution in [-0.4, -0.2) is 5.91 Å². The average molecular weight is 333 g/mol. The van der Waals surface area contributed by atoms with Crippen LogP contribution in [0.4, 0.5) is 5.69 Å². The van der Waals surface area contributed by atoms with Gasteiger partial charge in [0.05, 0.1) is 0 Å². The second-order valence-electron chi connectivity index (χ2n) is 6.59. The zero-order valence-electron chi connectivity index (χ0n) is 15.1. The van der Waals surface area contributed by atoms with Gasteiger partial charge < -0.3 is 9.73 Å². The van der Waals surface area contributed by atoms with E-state index in [-0.39, 0.29) is 5.91 Å². The maximum Gasteiger partial charge on any atom is 0.291 e. The molecule has 0 atom stereocenters. The zero-order valence-corrected chi connectivity index (χ0v) is 15.1. The molecule has 25 heavy (non-hydrogen) atoms. The quantitative estimate of drug-likeness (QED) is 0.698. The number of amides is 1. The van der Waals surface area contributed by atoms with Gasteiger partial charge in [-0.05, 0) is 68.1 Å². The molecule has 1 aromatic heterocycles. The standard InChI is InChI=1S/C22H23NO2/c1-14-11-16(3)19(17(4)12-14)13-18-9-10-21(25-18)22(24)23-20-8-6-5-7-15(20)2/h5-12H,13H2,1-4H3,(H,23,24). The molecular formula is C22H23NO2. The third kappa shape index (κ3) is 3.82. The molecule has 3 nitrogen and oxygen atoms in total. The molecule has 0 bridgehead atoms. The Bertz CT molecular complexity index is 898. The topological polar surface area (TPSA) is 42.2 Å². The summed E-state index contributed by atoms with van der Waals surface area (Å²) in [6, 6.07) is 15.7. The van der Waals surface area contributed by atoms with Crippen LogP contribution in [0.5, 0.6) is 0 Å². The van der Waals surface area contributed by atoms with Crippen molar-refractivity contribution < 1.29 is 9.21 Å². The van der Waals surface area contributed by atoms with Crippen LogP contribution in [0.1, 0.15) is 44.1 Å². The number of para-hydroxylation sites is 1. The molecule has 0 aliphatic heterocycles. The van der Waals surface area contributed by atoms with Gasteiger partial charge in [0.25, 0.3) is 5.91 Å². The highest BCUT2D eigenvalue weighted by Gasteiger charge is 2.14. The van der Waals surface area contributed by atoms with E-state index in [4.69, 9.17) is 4.42 Å². The number of rotatable bonds is 4. The molecule has 3 aromatic rings. The molecule has 0 saturated heterocycles. The lowest BCUT2D eigenvalue weighted by atomic mass is 9.97. The molecule has 3 rings (SSSR count). The first-order valence-corrected chi connectivity index (χ1v) is 8.46. The van der Waals surface area contributed by atoms with Gasteiger partial charge in [-0.15, -0.1) is 0 Å². The second kappa shape index (κ2) is 6.98. The predicted molar refractivity (Wildman–Crippen MR) is 101 cm³/mol. The number of furan rings is 1. The summed E-state index contributed by atoms with van der Waals surface area (Å²) in [4.78, 5) is 12.4. The molecule has 2 aromatic carbocycles. The summed E-state index contributed by atoms with van der Waals surface area (Å²) < 4.78 is 5.79. The van der Waals surface area contributed by atoms with Gasteiger partial charge in [0.1, 0.15) is 5.76 Å². The van der Waals surface area contributed by atoms with Crippen LogP contribution in [0.25, 0.3) is 0 Å². The van der Waals surface area contributed by atoms with Crippen LogP contribution >= 0.6 is 0 Å². The van der Waals surface area contributed by atoms with E-state index in [9.17, 15) is 4.79 Å². The van der Waals surface area contributed by atoms with Crippen LogP contribution < -0.4 is 5.32 Å². The highest BCUT2D eigenvalue weighted by atomic mass is 16.3. The first-order valence-electron chi connectivity index (χ1n) is 8.46. The number of nitrogens with one attached hydrogen (secondary N) is 1. The average Bonchev–Trinajstić information content (AvgIpc) is 3.02. The number of hydrogen-bond donors (Lipinski definition) is 1. The maximum atomic E-state index is 12.4. The fourth-order valence-corrected chi connectivity index (χ4v) is 3.16. The highest BCUT2D eigenvalue weighted by Crippen LogP contribution is 2.22. The zero-order chi connectivity index (χ0) is 18.0. The minimum atomic E-state index is -0.224. The molecule has 0 aliphatic rings. The molecule has 1 N–H and O–H groups in total. The Labute approximate surface area is 148 Å². The highest BCUT2D eigenvalue weighted by molar-refractivity contribution is 6.02. The van der Waals surface area contributed by atoms with Crippen molar-refractivity contribution in [2.24, 2.45) is 0 Å². The lowest BCUT2D eigenvalue weighted by Gasteiger charge is -2.10. The fraction of sp³-hybridized carbons (Fsp3) is 0.227. The van der Waals surface area contributed by atoms with Gasteiger partial charge in [0.15, 0.2) is 5.76 Å². The molecule has 128 valence electrons. The number of hydrogen-bond acceptors (Lipinski definition) is 2. The van der Waals surface area contributed by atoms with E-state index in [0.717, 1.165) is 17.0 Å². The van der Waals surface area contributed by atoms with Gasteiger partial charge in [-0.1, -0.05) is 35.9 Å². The van der Waals surface area contributed by atoms with Crippen LogP contribution in [-0.2, 0) is 6.42 Å². The minimum absolute atomic E-state index is 0.224. The predicted octanol–water partition coefficient (Wildman–Crippen LogP) is 5.36. The van der Waals surface area contributed by atoms with Crippen molar-refractivity contribution in [3.8, 4) is 0 Å². The van der Waals surface area contributed by atoms with Gasteiger partial charge in [0.2, 0.25) is 0 Å². The number of aryl methyl sites for hydroxylation is 4. The minimum Gasteiger partial charge on any atom is -0.456 e. The summed E-state index contributed by atoms with van der Waals surface area (Å²) in [6.45, 7) is 8.30. The Hall–Kier alpha value is -2.81. The van der Waals surface area contributed by atoms with E-state index >= 15 is 0 Å². The van der Waals surface area contributed by atoms with Crippen LogP contribution in [0.2, 0.25) is 0 Å². The molecule has 1 amide bonds. The van der Waals surface area contributed by atoms with E-state index < -0.39 is 0 Å². The van der Waals surface area contributed by atoms with E-state index in [2.05, 4.69) is 38.2 Å². The summed E-state index contributed by atoms with van der Waals surface area (Å²) in [7, 11) is 0. The molecule has 0 fully saturated rings. The Morgan fingerprint density at radius 3 is 2.28 bits per heavy atom. The molecule has 0 saturated carbocycles. The van der Waals surface area contributed by atoms with Crippen molar-refractivity contribution in [2.45, 2.75) is 34.1 Å². The molecule has 0 unspecified atom stereocenters. The van der Waals surface area contributed by atoms with Gasteiger partial charge in [-0.25, -0.2) is 0 Å². The fourth-order valence-electron chi connectivity index (χ4n) is 3.16. The third-order valence-electron chi connectivity index (χ3n) is 4.47. The van der Waals surface area contributed by atoms with E-state index in [0.29, 0.717) is 12.2 Å². The second-order valence-corrected chi connectivity index (χ2v) is 6.59. The molecule has 3 heteroatoms. The van der Waals surface area contributed by atoms with E-state index in [1.54, 1.807) is 6.07 Å². The Morgan fingerprint density at radius 2 is 1.60 bits per heavy atom. The van der Waals surface area contributed by atoms with Crippen molar-refractivity contribution in [1.29, 1.82) is 0 Å². The Balaban J connectivity index is 1.77. The molecule has 0 radical (unpaired) electrons. The normalized spacial score (nSPS) is 10.7. The summed E-state index contributed by atoms with van der Waals surface area (Å²) in [6.07, 6.45) is 0.690. The monoisotopic (exact) mass is 333 g/mol. The molecular weight excluding hydrogens is 310 g/mol. The van der Waals surface area contributed by atoms with Gasteiger partial charge in [-0.3, -0.25) is 4.79 Å². The summed E-state index contributed by atoms with van der Waals surface area (Å²) in [5.41, 5.74) is 6.84. The Kier molecular flexibility index (Phi) is 4.75. The summed E-state index contributed by atoms with van der Waals surface area (Å²) in [5.74, 6) is 0.906. The van der Waals surface area contributed by atoms with Gasteiger partial charge in [0, 0.05) is 12.1 Å². The number of carbonyl (C=O) groups excluding carboxylic acids is 1. The van der Waals surface area contributed by atoms with Crippen molar-refractivity contribution in [3.05, 3.63) is 87.9 Å². The summed E-state index contributed by atoms with van der Waals surface area (Å²) >= 11 is 0. The lowest BCUT2D eigenvalue weighted by molar-refractivity contribution is 0.0995. The van der Waals surface area contributed by atoms with Crippen molar-refractivity contribution in [1.82, 2.24) is 0 Å². The van der Waals surface area contributed by atoms with Crippen molar-refractivity contribution in [2.75, 3.05) is 5.32 Å². The Morgan fingerprint density at radius 1 is 0.920 bits per heavy atom. The van der Waals surface area contributed by atoms with Crippen LogP contribution in [0.15, 0.2) is 52.9 Å². The van der Waals surface area contributed by atoms with Crippen LogP contribution in [0.3, 0.4) is 0 Å². The van der Waals surface area contributed by atoms with E-state index in [1.165, 1.54) is 22.3 Å². The van der Waals surface area contributed by atoms with Crippen molar-refractivity contribution in [3.63, 3.8) is 0 Å². The van der Waals surface area contributed by atoms with Crippen LogP contribution in [0, 0.1) is 27.7 Å². The number of anilines is 1. The van der Waals surface area contributed by atoms with E-state index in [1.807, 2.05) is 37.3 Å². The molecule has 0 aliphatic carbocycles. The largest absolute Gasteiger partial charge is 0.456 e. The number of carbonyl (C=O) groups is 1. The number of benzene rings is 2. The van der Waals surface area contributed by atoms with Crippen molar-refractivity contribution >= 4 is 11.6 Å². The molecule has 1 heterocycles. The summed E-state index contributed by atoms with van der Waals surface area (Å²) in [5, 5.41) is 2.90. The van der Waals surface area contributed by atoms with Gasteiger partial charge in [-0.2, -0.15) is 0 Å². The first-order chi connectivity index (χ1) is 11.9. The maximum absolute atomic E-state index is 12.4. The third-order valence-corrected chi connectivity index (χ3v) is 4.47. The SMILES string of the molecule is Cc1cc(C)c(Cc2ccc(C(=O)Nc3ccccc3C)o2)c(C)c1. The van der Waals surface area contributed by atoms with Gasteiger partial charge >= 0.3 is 0 Å².